The molecule has 27 heavy (non-hydrogen) atoms. The van der Waals surface area contributed by atoms with Crippen molar-refractivity contribution in [1.29, 1.82) is 0 Å². The lowest BCUT2D eigenvalue weighted by atomic mass is 10.2. The van der Waals surface area contributed by atoms with E-state index in [1.54, 1.807) is 17.9 Å². The second-order valence-electron chi connectivity index (χ2n) is 6.64. The van der Waals surface area contributed by atoms with Crippen molar-refractivity contribution in [2.24, 2.45) is 0 Å². The molecule has 144 valence electrons. The maximum atomic E-state index is 12.7. The zero-order valence-corrected chi connectivity index (χ0v) is 16.3. The van der Waals surface area contributed by atoms with Gasteiger partial charge in [-0.15, -0.1) is 5.10 Å². The Morgan fingerprint density at radius 2 is 1.78 bits per heavy atom. The first-order valence-corrected chi connectivity index (χ1v) is 8.81. The Balaban J connectivity index is 2.22. The predicted molar refractivity (Wildman–Crippen MR) is 101 cm³/mol. The van der Waals surface area contributed by atoms with Gasteiger partial charge in [-0.05, 0) is 56.7 Å². The summed E-state index contributed by atoms with van der Waals surface area (Å²) in [4.78, 5) is 26.8. The van der Waals surface area contributed by atoms with E-state index in [1.807, 2.05) is 58.0 Å². The van der Waals surface area contributed by atoms with Crippen molar-refractivity contribution < 1.29 is 14.3 Å². The van der Waals surface area contributed by atoms with Crippen molar-refractivity contribution in [3.8, 4) is 0 Å². The van der Waals surface area contributed by atoms with Gasteiger partial charge in [0.2, 0.25) is 0 Å². The number of amides is 1. The molecule has 1 heterocycles. The van der Waals surface area contributed by atoms with Crippen molar-refractivity contribution in [3.05, 3.63) is 41.7 Å². The van der Waals surface area contributed by atoms with Crippen LogP contribution in [0.25, 0.3) is 11.8 Å². The molecule has 1 aromatic heterocycles. The van der Waals surface area contributed by atoms with E-state index in [-0.39, 0.29) is 30.3 Å². The fourth-order valence-electron chi connectivity index (χ4n) is 2.82. The second kappa shape index (κ2) is 9.07. The van der Waals surface area contributed by atoms with E-state index in [9.17, 15) is 9.59 Å². The molecule has 0 N–H and O–H groups in total. The summed E-state index contributed by atoms with van der Waals surface area (Å²) in [7, 11) is 0. The van der Waals surface area contributed by atoms with Gasteiger partial charge in [-0.2, -0.15) is 4.68 Å². The average molecular weight is 371 g/mol. The summed E-state index contributed by atoms with van der Waals surface area (Å²) in [5.74, 6) is -0.484. The summed E-state index contributed by atoms with van der Waals surface area (Å²) >= 11 is 0. The number of hydrogen-bond donors (Lipinski definition) is 0. The molecule has 1 amide bonds. The van der Waals surface area contributed by atoms with E-state index >= 15 is 0 Å². The Kier molecular flexibility index (Phi) is 6.81. The molecule has 2 rings (SSSR count). The van der Waals surface area contributed by atoms with Crippen LogP contribution in [0.3, 0.4) is 0 Å². The number of carbonyl (C=O) groups is 2. The fraction of sp³-hybridized carbons (Fsp3) is 0.421. The Morgan fingerprint density at radius 3 is 2.30 bits per heavy atom. The minimum Gasteiger partial charge on any atom is -0.451 e. The van der Waals surface area contributed by atoms with Crippen molar-refractivity contribution in [2.75, 3.05) is 6.61 Å². The van der Waals surface area contributed by atoms with E-state index in [2.05, 4.69) is 15.5 Å². The molecule has 0 saturated heterocycles. The van der Waals surface area contributed by atoms with Crippen LogP contribution in [0.4, 0.5) is 0 Å². The average Bonchev–Trinajstić information content (AvgIpc) is 3.03. The molecule has 0 bridgehead atoms. The third-order valence-electron chi connectivity index (χ3n) is 3.89. The molecule has 0 aliphatic carbocycles. The summed E-state index contributed by atoms with van der Waals surface area (Å²) in [6.45, 7) is 9.02. The molecule has 2 aromatic rings. The van der Waals surface area contributed by atoms with Crippen LogP contribution in [0.5, 0.6) is 0 Å². The first-order chi connectivity index (χ1) is 12.8. The number of nitrogens with zero attached hydrogens (tertiary/aromatic N) is 5. The van der Waals surface area contributed by atoms with Crippen molar-refractivity contribution >= 4 is 23.6 Å². The van der Waals surface area contributed by atoms with Gasteiger partial charge in [0, 0.05) is 12.1 Å². The number of rotatable bonds is 7. The highest BCUT2D eigenvalue weighted by molar-refractivity contribution is 6.15. The van der Waals surface area contributed by atoms with Crippen LogP contribution in [0.15, 0.2) is 30.3 Å². The molecule has 0 fully saturated rings. The van der Waals surface area contributed by atoms with E-state index in [0.29, 0.717) is 5.82 Å². The number of esters is 1. The largest absolute Gasteiger partial charge is 0.451 e. The maximum Gasteiger partial charge on any atom is 0.357 e. The molecule has 1 aromatic carbocycles. The summed E-state index contributed by atoms with van der Waals surface area (Å²) in [5.41, 5.74) is 0.925. The van der Waals surface area contributed by atoms with Gasteiger partial charge in [0.15, 0.2) is 18.1 Å². The van der Waals surface area contributed by atoms with E-state index < -0.39 is 5.97 Å². The van der Waals surface area contributed by atoms with Gasteiger partial charge in [0.25, 0.3) is 5.91 Å². The highest BCUT2D eigenvalue weighted by Crippen LogP contribution is 2.14. The van der Waals surface area contributed by atoms with E-state index in [0.717, 1.165) is 5.56 Å². The standard InChI is InChI=1S/C19H25N5O3/c1-13(2)23(14(3)4)18(25)12-27-19(26)17(24-15(5)20-21-22-24)11-16-9-7-6-8-10-16/h6-11,13-14H,12H2,1-5H3/b17-11-. The van der Waals surface area contributed by atoms with Crippen LogP contribution in [-0.4, -0.2) is 55.7 Å². The number of carbonyl (C=O) groups excluding carboxylic acids is 2. The predicted octanol–water partition coefficient (Wildman–Crippen LogP) is 2.17. The Labute approximate surface area is 158 Å². The van der Waals surface area contributed by atoms with Crippen molar-refractivity contribution in [2.45, 2.75) is 46.7 Å². The van der Waals surface area contributed by atoms with Gasteiger partial charge in [-0.25, -0.2) is 4.79 Å². The molecule has 8 heteroatoms. The van der Waals surface area contributed by atoms with Crippen LogP contribution >= 0.6 is 0 Å². The van der Waals surface area contributed by atoms with Gasteiger partial charge >= 0.3 is 5.97 Å². The lowest BCUT2D eigenvalue weighted by Gasteiger charge is -2.30. The number of benzene rings is 1. The molecular weight excluding hydrogens is 346 g/mol. The van der Waals surface area contributed by atoms with Crippen LogP contribution in [0, 0.1) is 6.92 Å². The molecule has 8 nitrogen and oxygen atoms in total. The number of hydrogen-bond acceptors (Lipinski definition) is 6. The van der Waals surface area contributed by atoms with E-state index in [4.69, 9.17) is 4.74 Å². The van der Waals surface area contributed by atoms with Gasteiger partial charge < -0.3 is 9.64 Å². The number of aromatic nitrogens is 4. The minimum absolute atomic E-state index is 0.0114. The van der Waals surface area contributed by atoms with Crippen molar-refractivity contribution in [1.82, 2.24) is 25.1 Å². The molecule has 0 saturated carbocycles. The lowest BCUT2D eigenvalue weighted by Crippen LogP contribution is -2.44. The summed E-state index contributed by atoms with van der Waals surface area (Å²) < 4.78 is 6.58. The first kappa shape index (κ1) is 20.3. The molecular formula is C19H25N5O3. The fourth-order valence-corrected chi connectivity index (χ4v) is 2.82. The Hall–Kier alpha value is -3.03. The maximum absolute atomic E-state index is 12.7. The molecule has 0 spiro atoms. The Bertz CT molecular complexity index is 804. The van der Waals surface area contributed by atoms with E-state index in [1.165, 1.54) is 4.68 Å². The molecule has 0 unspecified atom stereocenters. The molecule has 0 radical (unpaired) electrons. The third kappa shape index (κ3) is 5.22. The highest BCUT2D eigenvalue weighted by Gasteiger charge is 2.23. The molecule has 0 atom stereocenters. The summed E-state index contributed by atoms with van der Waals surface area (Å²) in [5, 5.41) is 11.2. The summed E-state index contributed by atoms with van der Waals surface area (Å²) in [6, 6.07) is 9.30. The molecule has 0 aliphatic rings. The van der Waals surface area contributed by atoms with Gasteiger partial charge in [-0.3, -0.25) is 4.79 Å². The van der Waals surface area contributed by atoms with Gasteiger partial charge in [-0.1, -0.05) is 30.3 Å². The van der Waals surface area contributed by atoms with Crippen LogP contribution in [0.2, 0.25) is 0 Å². The lowest BCUT2D eigenvalue weighted by molar-refractivity contribution is -0.149. The first-order valence-electron chi connectivity index (χ1n) is 8.81. The van der Waals surface area contributed by atoms with Crippen LogP contribution in [0.1, 0.15) is 39.1 Å². The van der Waals surface area contributed by atoms with Gasteiger partial charge in [0.05, 0.1) is 0 Å². The number of tetrazole rings is 1. The van der Waals surface area contributed by atoms with Crippen molar-refractivity contribution in [3.63, 3.8) is 0 Å². The number of aryl methyl sites for hydroxylation is 1. The second-order valence-corrected chi connectivity index (χ2v) is 6.64. The number of ether oxygens (including phenoxy) is 1. The smallest absolute Gasteiger partial charge is 0.357 e. The van der Waals surface area contributed by atoms with Gasteiger partial charge in [0.1, 0.15) is 0 Å². The topological polar surface area (TPSA) is 90.2 Å². The molecule has 0 aliphatic heterocycles. The zero-order chi connectivity index (χ0) is 20.0. The minimum atomic E-state index is -0.671. The Morgan fingerprint density at radius 1 is 1.15 bits per heavy atom. The quantitative estimate of drug-likeness (QED) is 0.547. The normalized spacial score (nSPS) is 11.7. The monoisotopic (exact) mass is 371 g/mol. The SMILES string of the molecule is Cc1nnnn1/C(=C\c1ccccc1)C(=O)OCC(=O)N(C(C)C)C(C)C. The van der Waals surface area contributed by atoms with Crippen LogP contribution in [-0.2, 0) is 14.3 Å². The zero-order valence-electron chi connectivity index (χ0n) is 16.3. The summed E-state index contributed by atoms with van der Waals surface area (Å²) in [6.07, 6.45) is 1.62. The van der Waals surface area contributed by atoms with Crippen LogP contribution < -0.4 is 0 Å². The third-order valence-corrected chi connectivity index (χ3v) is 3.89. The highest BCUT2D eigenvalue weighted by atomic mass is 16.5.